The number of nitrogens with one attached hydrogen (secondary N) is 2. The highest BCUT2D eigenvalue weighted by Gasteiger charge is 2.26. The Morgan fingerprint density at radius 3 is 3.17 bits per heavy atom. The van der Waals surface area contributed by atoms with E-state index in [1.54, 1.807) is 0 Å². The van der Waals surface area contributed by atoms with Crippen molar-refractivity contribution >= 4 is 5.91 Å². The van der Waals surface area contributed by atoms with Gasteiger partial charge in [0.1, 0.15) is 5.69 Å². The first kappa shape index (κ1) is 11.7. The highest BCUT2D eigenvalue weighted by molar-refractivity contribution is 5.92. The maximum Gasteiger partial charge on any atom is 0.267 e. The van der Waals surface area contributed by atoms with Gasteiger partial charge < -0.3 is 19.9 Å². The fraction of sp³-hybridized carbons (Fsp3) is 0.615. The van der Waals surface area contributed by atoms with Crippen molar-refractivity contribution in [1.82, 2.24) is 15.2 Å². The molecule has 1 aliphatic heterocycles. The first-order valence-corrected chi connectivity index (χ1v) is 6.61. The van der Waals surface area contributed by atoms with Gasteiger partial charge in [0.15, 0.2) is 0 Å². The van der Waals surface area contributed by atoms with Gasteiger partial charge in [-0.2, -0.15) is 0 Å². The first-order valence-electron chi connectivity index (χ1n) is 6.61. The van der Waals surface area contributed by atoms with Crippen LogP contribution >= 0.6 is 0 Å². The van der Waals surface area contributed by atoms with Gasteiger partial charge in [-0.25, -0.2) is 0 Å². The van der Waals surface area contributed by atoms with E-state index in [2.05, 4.69) is 15.2 Å². The molecule has 5 heteroatoms. The van der Waals surface area contributed by atoms with Gasteiger partial charge in [-0.05, 0) is 25.0 Å². The summed E-state index contributed by atoms with van der Waals surface area (Å²) in [4.78, 5) is 12.1. The second kappa shape index (κ2) is 5.12. The van der Waals surface area contributed by atoms with Crippen molar-refractivity contribution in [3.63, 3.8) is 0 Å². The molecule has 1 aromatic heterocycles. The van der Waals surface area contributed by atoms with Crippen LogP contribution in [0.5, 0.6) is 0 Å². The molecular formula is C13H19N3O2. The molecule has 0 aromatic carbocycles. The molecule has 1 saturated carbocycles. The molecule has 2 fully saturated rings. The molecule has 0 radical (unpaired) electrons. The summed E-state index contributed by atoms with van der Waals surface area (Å²) in [6.07, 6.45) is 4.37. The fourth-order valence-corrected chi connectivity index (χ4v) is 2.31. The minimum absolute atomic E-state index is 0.0132. The van der Waals surface area contributed by atoms with Gasteiger partial charge in [0.25, 0.3) is 5.91 Å². The average Bonchev–Trinajstić information content (AvgIpc) is 3.14. The fourth-order valence-electron chi connectivity index (χ4n) is 2.31. The Balaban J connectivity index is 1.55. The van der Waals surface area contributed by atoms with Gasteiger partial charge in [0.2, 0.25) is 0 Å². The smallest absolute Gasteiger partial charge is 0.267 e. The van der Waals surface area contributed by atoms with Gasteiger partial charge in [-0.1, -0.05) is 0 Å². The van der Waals surface area contributed by atoms with Crippen LogP contribution in [0.25, 0.3) is 0 Å². The van der Waals surface area contributed by atoms with Crippen molar-refractivity contribution < 1.29 is 9.53 Å². The Bertz CT molecular complexity index is 420. The van der Waals surface area contributed by atoms with Crippen LogP contribution in [0, 0.1) is 0 Å². The lowest BCUT2D eigenvalue weighted by Crippen LogP contribution is -2.48. The Morgan fingerprint density at radius 2 is 2.44 bits per heavy atom. The van der Waals surface area contributed by atoms with Gasteiger partial charge >= 0.3 is 0 Å². The molecule has 18 heavy (non-hydrogen) atoms. The number of ether oxygens (including phenoxy) is 1. The molecule has 5 nitrogen and oxygen atoms in total. The summed E-state index contributed by atoms with van der Waals surface area (Å²) in [6.45, 7) is 2.91. The van der Waals surface area contributed by atoms with Crippen LogP contribution in [0.15, 0.2) is 18.3 Å². The third kappa shape index (κ3) is 2.57. The summed E-state index contributed by atoms with van der Waals surface area (Å²) in [5.74, 6) is 0.0132. The molecular weight excluding hydrogens is 230 g/mol. The number of rotatable bonds is 4. The van der Waals surface area contributed by atoms with Crippen molar-refractivity contribution in [3.05, 3.63) is 24.0 Å². The highest BCUT2D eigenvalue weighted by atomic mass is 16.5. The Labute approximate surface area is 106 Å². The quantitative estimate of drug-likeness (QED) is 0.819. The van der Waals surface area contributed by atoms with Crippen LogP contribution in [0.2, 0.25) is 0 Å². The number of aromatic nitrogens is 1. The van der Waals surface area contributed by atoms with E-state index in [4.69, 9.17) is 4.74 Å². The molecule has 0 spiro atoms. The normalized spacial score (nSPS) is 23.9. The molecule has 1 unspecified atom stereocenters. The topological polar surface area (TPSA) is 55.3 Å². The number of hydrogen-bond donors (Lipinski definition) is 2. The molecule has 98 valence electrons. The average molecular weight is 249 g/mol. The Hall–Kier alpha value is -1.33. The molecule has 1 aliphatic carbocycles. The molecule has 1 atom stereocenters. The predicted molar refractivity (Wildman–Crippen MR) is 67.6 cm³/mol. The minimum Gasteiger partial charge on any atom is -0.378 e. The van der Waals surface area contributed by atoms with Crippen LogP contribution in [0.1, 0.15) is 29.4 Å². The molecule has 1 saturated heterocycles. The van der Waals surface area contributed by atoms with Crippen LogP contribution in [0.3, 0.4) is 0 Å². The highest BCUT2D eigenvalue weighted by Crippen LogP contribution is 2.35. The largest absolute Gasteiger partial charge is 0.378 e. The molecule has 2 aliphatic rings. The number of carbonyl (C=O) groups excluding carboxylic acids is 1. The summed E-state index contributed by atoms with van der Waals surface area (Å²) in [7, 11) is 0. The van der Waals surface area contributed by atoms with E-state index in [0.29, 0.717) is 19.2 Å². The number of hydrogen-bond acceptors (Lipinski definition) is 3. The summed E-state index contributed by atoms with van der Waals surface area (Å²) in [6, 6.07) is 4.59. The van der Waals surface area contributed by atoms with Crippen molar-refractivity contribution in [2.75, 3.05) is 26.3 Å². The second-order valence-corrected chi connectivity index (χ2v) is 4.97. The molecule has 3 rings (SSSR count). The maximum atomic E-state index is 12.1. The van der Waals surface area contributed by atoms with Crippen molar-refractivity contribution in [3.8, 4) is 0 Å². The lowest BCUT2D eigenvalue weighted by molar-refractivity contribution is 0.0732. The van der Waals surface area contributed by atoms with E-state index in [1.807, 2.05) is 18.3 Å². The van der Waals surface area contributed by atoms with Crippen LogP contribution in [-0.2, 0) is 4.74 Å². The lowest BCUT2D eigenvalue weighted by Gasteiger charge is -2.24. The third-order valence-electron chi connectivity index (χ3n) is 3.46. The molecule has 2 heterocycles. The maximum absolute atomic E-state index is 12.1. The summed E-state index contributed by atoms with van der Waals surface area (Å²) < 4.78 is 7.44. The third-order valence-corrected chi connectivity index (χ3v) is 3.46. The summed E-state index contributed by atoms with van der Waals surface area (Å²) in [5, 5.41) is 6.30. The molecule has 0 bridgehead atoms. The van der Waals surface area contributed by atoms with Gasteiger partial charge in [0, 0.05) is 31.4 Å². The van der Waals surface area contributed by atoms with Gasteiger partial charge in [0.05, 0.1) is 13.2 Å². The van der Waals surface area contributed by atoms with E-state index in [1.165, 1.54) is 12.8 Å². The van der Waals surface area contributed by atoms with Crippen LogP contribution in [-0.4, -0.2) is 42.8 Å². The number of carbonyl (C=O) groups is 1. The zero-order valence-corrected chi connectivity index (χ0v) is 10.4. The van der Waals surface area contributed by atoms with E-state index in [9.17, 15) is 4.79 Å². The molecule has 2 N–H and O–H groups in total. The predicted octanol–water partition coefficient (Wildman–Crippen LogP) is 0.541. The molecule has 1 aromatic rings. The van der Waals surface area contributed by atoms with Crippen molar-refractivity contribution in [2.24, 2.45) is 0 Å². The lowest BCUT2D eigenvalue weighted by atomic mass is 10.2. The Morgan fingerprint density at radius 1 is 1.56 bits per heavy atom. The minimum atomic E-state index is 0.0132. The van der Waals surface area contributed by atoms with Crippen molar-refractivity contribution in [1.29, 1.82) is 0 Å². The summed E-state index contributed by atoms with van der Waals surface area (Å²) in [5.41, 5.74) is 0.772. The molecule has 1 amide bonds. The van der Waals surface area contributed by atoms with E-state index in [-0.39, 0.29) is 11.9 Å². The summed E-state index contributed by atoms with van der Waals surface area (Å²) >= 11 is 0. The SMILES string of the molecule is O=C(NCC1COCCN1)c1cccn1C1CC1. The van der Waals surface area contributed by atoms with Crippen LogP contribution in [0.4, 0.5) is 0 Å². The number of nitrogens with zero attached hydrogens (tertiary/aromatic N) is 1. The van der Waals surface area contributed by atoms with Crippen molar-refractivity contribution in [2.45, 2.75) is 24.9 Å². The zero-order valence-electron chi connectivity index (χ0n) is 10.4. The van der Waals surface area contributed by atoms with E-state index >= 15 is 0 Å². The monoisotopic (exact) mass is 249 g/mol. The second-order valence-electron chi connectivity index (χ2n) is 4.97. The standard InChI is InChI=1S/C13H19N3O2/c17-13(15-8-10-9-18-7-5-14-10)12-2-1-6-16(12)11-3-4-11/h1-2,6,10-11,14H,3-5,7-9H2,(H,15,17). The Kier molecular flexibility index (Phi) is 3.34. The first-order chi connectivity index (χ1) is 8.84. The van der Waals surface area contributed by atoms with Gasteiger partial charge in [-0.3, -0.25) is 4.79 Å². The van der Waals surface area contributed by atoms with Crippen LogP contribution < -0.4 is 10.6 Å². The van der Waals surface area contributed by atoms with Gasteiger partial charge in [-0.15, -0.1) is 0 Å². The number of amides is 1. The van der Waals surface area contributed by atoms with E-state index < -0.39 is 0 Å². The zero-order chi connectivity index (χ0) is 12.4. The van der Waals surface area contributed by atoms with E-state index in [0.717, 1.165) is 18.8 Å². The number of morpholine rings is 1.